The lowest BCUT2D eigenvalue weighted by molar-refractivity contribution is -0.0276. The number of aromatic nitrogens is 6. The van der Waals surface area contributed by atoms with E-state index >= 15 is 0 Å². The zero-order chi connectivity index (χ0) is 54.6. The van der Waals surface area contributed by atoms with Crippen LogP contribution in [0.4, 0.5) is 0 Å². The number of phenolic OH excluding ortho intramolecular Hbond substituents is 2. The highest BCUT2D eigenvalue weighted by atomic mass is 16.7. The van der Waals surface area contributed by atoms with Crippen molar-refractivity contribution in [1.82, 2.24) is 29.9 Å². The van der Waals surface area contributed by atoms with Gasteiger partial charge in [0.25, 0.3) is 0 Å². The van der Waals surface area contributed by atoms with E-state index in [1.165, 1.54) is 18.6 Å². The van der Waals surface area contributed by atoms with Crippen LogP contribution in [0.25, 0.3) is 68.3 Å². The lowest BCUT2D eigenvalue weighted by Gasteiger charge is -2.14. The van der Waals surface area contributed by atoms with Gasteiger partial charge in [-0.15, -0.1) is 0 Å². The third-order valence-corrected chi connectivity index (χ3v) is 11.3. The Balaban J connectivity index is 0.000000661. The van der Waals surface area contributed by atoms with Crippen molar-refractivity contribution in [2.75, 3.05) is 40.0 Å². The molecular weight excluding hydrogens is 945 g/mol. The van der Waals surface area contributed by atoms with Gasteiger partial charge in [-0.1, -0.05) is 115 Å². The minimum atomic E-state index is -0.215. The van der Waals surface area contributed by atoms with Crippen molar-refractivity contribution < 1.29 is 39.4 Å². The summed E-state index contributed by atoms with van der Waals surface area (Å²) in [6.45, 7) is 25.8. The second-order valence-corrected chi connectivity index (χ2v) is 17.9. The molecule has 0 fully saturated rings. The van der Waals surface area contributed by atoms with Crippen LogP contribution in [0.5, 0.6) is 23.0 Å². The van der Waals surface area contributed by atoms with Gasteiger partial charge in [0.1, 0.15) is 29.8 Å². The van der Waals surface area contributed by atoms with Gasteiger partial charge in [0, 0.05) is 47.6 Å². The van der Waals surface area contributed by atoms with E-state index in [0.29, 0.717) is 77.4 Å². The predicted molar refractivity (Wildman–Crippen MR) is 298 cm³/mol. The summed E-state index contributed by atoms with van der Waals surface area (Å²) in [6, 6.07) is 34.4. The van der Waals surface area contributed by atoms with Crippen LogP contribution >= 0.6 is 0 Å². The van der Waals surface area contributed by atoms with Crippen LogP contribution in [0.3, 0.4) is 0 Å². The second-order valence-electron chi connectivity index (χ2n) is 17.9. The van der Waals surface area contributed by atoms with Gasteiger partial charge in [-0.2, -0.15) is 0 Å². The number of benzene rings is 6. The monoisotopic (exact) mass is 1020 g/mol. The first-order chi connectivity index (χ1) is 36.0. The molecule has 0 unspecified atom stereocenters. The third-order valence-electron chi connectivity index (χ3n) is 11.3. The normalized spacial score (nSPS) is 10.6. The molecule has 0 atom stereocenters. The van der Waals surface area contributed by atoms with E-state index in [2.05, 4.69) is 42.8 Å². The molecule has 8 rings (SSSR count). The maximum absolute atomic E-state index is 11.3. The number of phenols is 2. The van der Waals surface area contributed by atoms with Crippen LogP contribution in [-0.2, 0) is 9.47 Å². The van der Waals surface area contributed by atoms with E-state index in [1.54, 1.807) is 31.2 Å². The van der Waals surface area contributed by atoms with Crippen LogP contribution in [0.15, 0.2) is 109 Å². The van der Waals surface area contributed by atoms with E-state index in [0.717, 1.165) is 66.8 Å². The first-order valence-corrected chi connectivity index (χ1v) is 25.2. The fourth-order valence-corrected chi connectivity index (χ4v) is 7.81. The summed E-state index contributed by atoms with van der Waals surface area (Å²) >= 11 is 0. The molecular formula is C61H72N6O8. The van der Waals surface area contributed by atoms with Crippen molar-refractivity contribution >= 4 is 0 Å². The fraction of sp³-hybridized carbons (Fsp3) is 0.311. The predicted octanol–water partition coefficient (Wildman–Crippen LogP) is 12.8. The highest BCUT2D eigenvalue weighted by Crippen LogP contribution is 2.36. The number of aliphatic hydroxyl groups is 2. The van der Waals surface area contributed by atoms with Crippen LogP contribution in [0, 0.1) is 55.4 Å². The second kappa shape index (κ2) is 28.7. The van der Waals surface area contributed by atoms with Crippen molar-refractivity contribution in [2.24, 2.45) is 0 Å². The number of hydrogen-bond donors (Lipinski definition) is 4. The Morgan fingerprint density at radius 3 is 0.893 bits per heavy atom. The SMILES string of the molecule is CCC.CCO.CCOCCOCO.Cc1ccc(-c2nc(-c3ccc(C)cc3C)nc(-c3ccc(OCOc4ccc(-c5nc(-c6ccc(C)cc6C)nc(-c6ccc(C)cc6C)n5)c(O)c4)cc3O)n2)c(C)c1. The molecule has 0 bridgehead atoms. The van der Waals surface area contributed by atoms with E-state index in [-0.39, 0.29) is 31.7 Å². The van der Waals surface area contributed by atoms with Crippen molar-refractivity contribution in [3.8, 4) is 91.3 Å². The molecule has 4 N–H and O–H groups in total. The first kappa shape index (κ1) is 58.3. The summed E-state index contributed by atoms with van der Waals surface area (Å²) in [5.41, 5.74) is 13.1. The molecule has 0 radical (unpaired) electrons. The molecule has 0 amide bonds. The zero-order valence-electron chi connectivity index (χ0n) is 45.4. The summed E-state index contributed by atoms with van der Waals surface area (Å²) < 4.78 is 21.3. The maximum atomic E-state index is 11.3. The first-order valence-electron chi connectivity index (χ1n) is 25.2. The Morgan fingerprint density at radius 2 is 0.640 bits per heavy atom. The zero-order valence-corrected chi connectivity index (χ0v) is 45.4. The van der Waals surface area contributed by atoms with Crippen molar-refractivity contribution in [3.63, 3.8) is 0 Å². The number of aryl methyl sites for hydroxylation is 8. The highest BCUT2D eigenvalue weighted by Gasteiger charge is 2.20. The molecule has 6 aromatic carbocycles. The molecule has 0 aliphatic rings. The minimum absolute atomic E-state index is 0.0680. The largest absolute Gasteiger partial charge is 0.507 e. The number of aromatic hydroxyl groups is 2. The standard InChI is InChI=1S/C51H46N6O4.C5H12O3.C3H8.C2H6O/c1-28-9-15-38(32(5)21-28)46-52-47(39-16-10-29(2)22-33(39)6)55-50(54-46)42-19-13-36(25-44(42)58)60-27-61-37-14-20-43(45(59)26-37)51-56-48(40-17-11-30(3)23-34(40)7)53-49(57-51)41-18-12-31(4)24-35(41)8;1-2-7-3-4-8-5-6;1-3-2;1-2-3/h9-26,58-59H,27H2,1-8H3;6H,2-5H2,1H3;3H2,1-2H3;3H,2H2,1H3. The average molecular weight is 1020 g/mol. The van der Waals surface area contributed by atoms with Gasteiger partial charge < -0.3 is 39.4 Å². The van der Waals surface area contributed by atoms with Gasteiger partial charge in [-0.3, -0.25) is 0 Å². The van der Waals surface area contributed by atoms with Crippen LogP contribution < -0.4 is 9.47 Å². The summed E-state index contributed by atoms with van der Waals surface area (Å²) in [7, 11) is 0. The average Bonchev–Trinajstić information content (AvgIpc) is 3.36. The number of hydrogen-bond acceptors (Lipinski definition) is 14. The number of ether oxygens (including phenoxy) is 4. The Kier molecular flexibility index (Phi) is 22.3. The van der Waals surface area contributed by atoms with Crippen LogP contribution in [0.1, 0.15) is 78.6 Å². The molecule has 0 aliphatic heterocycles. The molecule has 394 valence electrons. The van der Waals surface area contributed by atoms with E-state index in [9.17, 15) is 10.2 Å². The minimum Gasteiger partial charge on any atom is -0.507 e. The molecule has 0 aliphatic carbocycles. The Bertz CT molecular complexity index is 2800. The van der Waals surface area contributed by atoms with Gasteiger partial charge >= 0.3 is 0 Å². The summed E-state index contributed by atoms with van der Waals surface area (Å²) in [5, 5.41) is 38.3. The van der Waals surface area contributed by atoms with E-state index in [4.69, 9.17) is 54.3 Å². The molecule has 0 saturated heterocycles. The highest BCUT2D eigenvalue weighted by molar-refractivity contribution is 5.74. The van der Waals surface area contributed by atoms with Crippen molar-refractivity contribution in [3.05, 3.63) is 154 Å². The summed E-state index contributed by atoms with van der Waals surface area (Å²) in [4.78, 5) is 29.1. The molecule has 2 heterocycles. The molecule has 14 heteroatoms. The van der Waals surface area contributed by atoms with Crippen molar-refractivity contribution in [2.45, 2.75) is 89.5 Å². The van der Waals surface area contributed by atoms with Crippen LogP contribution in [-0.4, -0.2) is 90.3 Å². The summed E-state index contributed by atoms with van der Waals surface area (Å²) in [5.74, 6) is 3.30. The smallest absolute Gasteiger partial charge is 0.230 e. The topological polar surface area (TPSA) is 195 Å². The molecule has 0 spiro atoms. The number of rotatable bonds is 15. The number of aliphatic hydroxyl groups excluding tert-OH is 2. The Hall–Kier alpha value is -7.62. The van der Waals surface area contributed by atoms with Gasteiger partial charge in [-0.25, -0.2) is 29.9 Å². The number of nitrogens with zero attached hydrogens (tertiary/aromatic N) is 6. The maximum Gasteiger partial charge on any atom is 0.230 e. The fourth-order valence-electron chi connectivity index (χ4n) is 7.81. The molecule has 8 aromatic rings. The molecule has 14 nitrogen and oxygen atoms in total. The summed E-state index contributed by atoms with van der Waals surface area (Å²) in [6.07, 6.45) is 1.25. The lowest BCUT2D eigenvalue weighted by Crippen LogP contribution is -2.06. The van der Waals surface area contributed by atoms with Crippen molar-refractivity contribution in [1.29, 1.82) is 0 Å². The van der Waals surface area contributed by atoms with Crippen LogP contribution in [0.2, 0.25) is 0 Å². The quantitative estimate of drug-likeness (QED) is 0.0559. The molecule has 2 aromatic heterocycles. The van der Waals surface area contributed by atoms with E-state index < -0.39 is 0 Å². The molecule has 75 heavy (non-hydrogen) atoms. The van der Waals surface area contributed by atoms with Gasteiger partial charge in [0.2, 0.25) is 6.79 Å². The van der Waals surface area contributed by atoms with E-state index in [1.807, 2.05) is 111 Å². The Morgan fingerprint density at radius 1 is 0.373 bits per heavy atom. The lowest BCUT2D eigenvalue weighted by atomic mass is 10.0. The Labute approximate surface area is 442 Å². The molecule has 0 saturated carbocycles. The van der Waals surface area contributed by atoms with Gasteiger partial charge in [0.15, 0.2) is 34.9 Å². The van der Waals surface area contributed by atoms with Gasteiger partial charge in [0.05, 0.1) is 24.3 Å². The third kappa shape index (κ3) is 16.4. The van der Waals surface area contributed by atoms with Gasteiger partial charge in [-0.05, 0) is 116 Å².